The number of H-pyrrole nitrogens is 1. The van der Waals surface area contributed by atoms with Gasteiger partial charge in [-0.3, -0.25) is 4.79 Å². The lowest BCUT2D eigenvalue weighted by molar-refractivity contribution is 0.0960. The molecular weight excluding hydrogens is 198 g/mol. The first-order valence-corrected chi connectivity index (χ1v) is 5.94. The van der Waals surface area contributed by atoms with Crippen LogP contribution in [-0.4, -0.2) is 10.8 Å². The number of aromatic nitrogens is 1. The minimum atomic E-state index is 0.230. The molecule has 0 radical (unpaired) electrons. The molecule has 0 amide bonds. The van der Waals surface area contributed by atoms with Gasteiger partial charge in [0.15, 0.2) is 5.78 Å². The van der Waals surface area contributed by atoms with Crippen LogP contribution in [0.15, 0.2) is 30.6 Å². The molecule has 0 bridgehead atoms. The lowest BCUT2D eigenvalue weighted by atomic mass is 9.88. The molecule has 0 spiro atoms. The fourth-order valence-corrected chi connectivity index (χ4v) is 2.75. The van der Waals surface area contributed by atoms with Gasteiger partial charge in [-0.2, -0.15) is 0 Å². The molecule has 1 unspecified atom stereocenters. The molecule has 86 valence electrons. The van der Waals surface area contributed by atoms with Crippen molar-refractivity contribution >= 4 is 5.78 Å². The summed E-state index contributed by atoms with van der Waals surface area (Å²) in [6.07, 6.45) is 5.35. The van der Waals surface area contributed by atoms with Gasteiger partial charge < -0.3 is 4.98 Å². The molecule has 0 saturated heterocycles. The summed E-state index contributed by atoms with van der Waals surface area (Å²) in [6.45, 7) is 8.58. The van der Waals surface area contributed by atoms with Gasteiger partial charge in [0.2, 0.25) is 0 Å². The highest BCUT2D eigenvalue weighted by Gasteiger charge is 2.33. The van der Waals surface area contributed by atoms with E-state index in [9.17, 15) is 4.79 Å². The lowest BCUT2D eigenvalue weighted by Crippen LogP contribution is -2.12. The van der Waals surface area contributed by atoms with Gasteiger partial charge in [0, 0.05) is 24.4 Å². The number of carbonyl (C=O) groups is 1. The van der Waals surface area contributed by atoms with Crippen molar-refractivity contribution in [3.63, 3.8) is 0 Å². The first-order chi connectivity index (χ1) is 7.59. The molecule has 0 aliphatic heterocycles. The number of allylic oxidation sites excluding steroid dienone is 1. The second-order valence-corrected chi connectivity index (χ2v) is 5.02. The van der Waals surface area contributed by atoms with Crippen molar-refractivity contribution in [3.8, 4) is 0 Å². The van der Waals surface area contributed by atoms with E-state index in [1.807, 2.05) is 6.07 Å². The SMILES string of the molecule is C=C1C(CC(=O)c2cc[nH]c2)[C@H](C)C[C@@H]1C. The van der Waals surface area contributed by atoms with E-state index >= 15 is 0 Å². The second-order valence-electron chi connectivity index (χ2n) is 5.02. The number of carbonyl (C=O) groups excluding carboxylic acids is 1. The highest BCUT2D eigenvalue weighted by atomic mass is 16.1. The van der Waals surface area contributed by atoms with E-state index in [0.29, 0.717) is 24.2 Å². The summed E-state index contributed by atoms with van der Waals surface area (Å²) in [6, 6.07) is 1.84. The predicted octanol–water partition coefficient (Wildman–Crippen LogP) is 3.44. The highest BCUT2D eigenvalue weighted by molar-refractivity contribution is 5.96. The van der Waals surface area contributed by atoms with Crippen LogP contribution < -0.4 is 0 Å². The molecular formula is C14H19NO. The second kappa shape index (κ2) is 4.28. The topological polar surface area (TPSA) is 32.9 Å². The predicted molar refractivity (Wildman–Crippen MR) is 65.3 cm³/mol. The zero-order valence-electron chi connectivity index (χ0n) is 9.99. The molecule has 1 aliphatic carbocycles. The van der Waals surface area contributed by atoms with Gasteiger partial charge in [-0.15, -0.1) is 0 Å². The van der Waals surface area contributed by atoms with Gasteiger partial charge in [0.25, 0.3) is 0 Å². The van der Waals surface area contributed by atoms with Crippen LogP contribution >= 0.6 is 0 Å². The maximum atomic E-state index is 12.0. The van der Waals surface area contributed by atoms with Crippen LogP contribution in [0.1, 0.15) is 37.0 Å². The van der Waals surface area contributed by atoms with E-state index in [1.165, 1.54) is 12.0 Å². The average Bonchev–Trinajstić information content (AvgIpc) is 2.83. The summed E-state index contributed by atoms with van der Waals surface area (Å²) < 4.78 is 0. The van der Waals surface area contributed by atoms with Crippen molar-refractivity contribution < 1.29 is 4.79 Å². The summed E-state index contributed by atoms with van der Waals surface area (Å²) >= 11 is 0. The highest BCUT2D eigenvalue weighted by Crippen LogP contribution is 2.41. The smallest absolute Gasteiger partial charge is 0.164 e. The summed E-state index contributed by atoms with van der Waals surface area (Å²) in [5.41, 5.74) is 2.05. The third kappa shape index (κ3) is 1.97. The first kappa shape index (κ1) is 11.2. The Balaban J connectivity index is 2.05. The summed E-state index contributed by atoms with van der Waals surface area (Å²) in [7, 11) is 0. The molecule has 1 saturated carbocycles. The van der Waals surface area contributed by atoms with Gasteiger partial charge in [0.1, 0.15) is 0 Å². The third-order valence-electron chi connectivity index (χ3n) is 3.85. The third-order valence-corrected chi connectivity index (χ3v) is 3.85. The molecule has 0 aromatic carbocycles. The zero-order chi connectivity index (χ0) is 11.7. The van der Waals surface area contributed by atoms with Crippen molar-refractivity contribution in [3.05, 3.63) is 36.2 Å². The molecule has 3 atom stereocenters. The van der Waals surface area contributed by atoms with Crippen molar-refractivity contribution in [2.45, 2.75) is 26.7 Å². The molecule has 1 aromatic heterocycles. The molecule has 1 heterocycles. The van der Waals surface area contributed by atoms with Crippen LogP contribution in [0, 0.1) is 17.8 Å². The van der Waals surface area contributed by atoms with Gasteiger partial charge in [-0.05, 0) is 30.2 Å². The minimum Gasteiger partial charge on any atom is -0.367 e. The number of rotatable bonds is 3. The number of nitrogens with one attached hydrogen (secondary N) is 1. The summed E-state index contributed by atoms with van der Waals surface area (Å²) in [5.74, 6) is 1.76. The van der Waals surface area contributed by atoms with E-state index < -0.39 is 0 Å². The van der Waals surface area contributed by atoms with E-state index in [2.05, 4.69) is 25.4 Å². The Kier molecular flexibility index (Phi) is 2.99. The molecule has 2 rings (SSSR count). The molecule has 16 heavy (non-hydrogen) atoms. The molecule has 1 fully saturated rings. The van der Waals surface area contributed by atoms with Crippen LogP contribution in [0.25, 0.3) is 0 Å². The summed E-state index contributed by atoms with van der Waals surface area (Å²) in [5, 5.41) is 0. The van der Waals surface area contributed by atoms with E-state index in [-0.39, 0.29) is 5.78 Å². The number of hydrogen-bond acceptors (Lipinski definition) is 1. The Hall–Kier alpha value is -1.31. The lowest BCUT2D eigenvalue weighted by Gasteiger charge is -2.15. The van der Waals surface area contributed by atoms with E-state index in [0.717, 1.165) is 5.56 Å². The molecule has 1 aliphatic rings. The fourth-order valence-electron chi connectivity index (χ4n) is 2.75. The van der Waals surface area contributed by atoms with Gasteiger partial charge in [-0.1, -0.05) is 26.0 Å². The average molecular weight is 217 g/mol. The Morgan fingerprint density at radius 3 is 2.81 bits per heavy atom. The molecule has 1 N–H and O–H groups in total. The zero-order valence-corrected chi connectivity index (χ0v) is 9.99. The molecule has 1 aromatic rings. The number of Topliss-reactive ketones (excluding diaryl/α,β-unsaturated/α-hetero) is 1. The van der Waals surface area contributed by atoms with Crippen molar-refractivity contribution in [1.29, 1.82) is 0 Å². The molecule has 2 heteroatoms. The monoisotopic (exact) mass is 217 g/mol. The van der Waals surface area contributed by atoms with Crippen molar-refractivity contribution in [2.75, 3.05) is 0 Å². The fraction of sp³-hybridized carbons (Fsp3) is 0.500. The van der Waals surface area contributed by atoms with Crippen LogP contribution in [0.4, 0.5) is 0 Å². The Morgan fingerprint density at radius 2 is 2.31 bits per heavy atom. The number of aromatic amines is 1. The van der Waals surface area contributed by atoms with Gasteiger partial charge in [-0.25, -0.2) is 0 Å². The Morgan fingerprint density at radius 1 is 1.56 bits per heavy atom. The quantitative estimate of drug-likeness (QED) is 0.610. The number of hydrogen-bond donors (Lipinski definition) is 1. The van der Waals surface area contributed by atoms with E-state index in [1.54, 1.807) is 12.4 Å². The molecule has 2 nitrogen and oxygen atoms in total. The van der Waals surface area contributed by atoms with E-state index in [4.69, 9.17) is 0 Å². The standard InChI is InChI=1S/C14H19NO/c1-9-6-10(2)13(11(9)3)7-14(16)12-4-5-15-8-12/h4-5,8-10,13,15H,3,6-7H2,1-2H3/t9-,10+,13?/m0/s1. The van der Waals surface area contributed by atoms with Crippen LogP contribution in [-0.2, 0) is 0 Å². The van der Waals surface area contributed by atoms with Crippen molar-refractivity contribution in [1.82, 2.24) is 4.98 Å². The maximum absolute atomic E-state index is 12.0. The number of ketones is 1. The van der Waals surface area contributed by atoms with Crippen molar-refractivity contribution in [2.24, 2.45) is 17.8 Å². The van der Waals surface area contributed by atoms with Gasteiger partial charge >= 0.3 is 0 Å². The summed E-state index contributed by atoms with van der Waals surface area (Å²) in [4.78, 5) is 14.9. The normalized spacial score (nSPS) is 29.6. The van der Waals surface area contributed by atoms with Crippen LogP contribution in [0.3, 0.4) is 0 Å². The largest absolute Gasteiger partial charge is 0.367 e. The first-order valence-electron chi connectivity index (χ1n) is 5.94. The maximum Gasteiger partial charge on any atom is 0.164 e. The van der Waals surface area contributed by atoms with Gasteiger partial charge in [0.05, 0.1) is 0 Å². The Bertz CT molecular complexity index is 391. The Labute approximate surface area is 96.8 Å². The minimum absolute atomic E-state index is 0.230. The van der Waals surface area contributed by atoms with Crippen LogP contribution in [0.5, 0.6) is 0 Å². The van der Waals surface area contributed by atoms with Crippen LogP contribution in [0.2, 0.25) is 0 Å².